The molecule has 2 aromatic rings. The van der Waals surface area contributed by atoms with Gasteiger partial charge in [-0.25, -0.2) is 14.8 Å². The van der Waals surface area contributed by atoms with E-state index in [2.05, 4.69) is 9.97 Å². The number of aryl methyl sites for hydroxylation is 2. The molecule has 1 N–H and O–H groups in total. The minimum Gasteiger partial charge on any atom is -0.475 e. The predicted octanol–water partition coefficient (Wildman–Crippen LogP) is 2.61. The standard InChI is InChI=1S/C13H11ClN2O2/c14-11-4-2-1-3-9(11)5-6-10-7-8-15-12(16-10)13(17)18/h1-4,7-8H,5-6H2,(H,17,18). The molecule has 0 aliphatic heterocycles. The molecular weight excluding hydrogens is 252 g/mol. The lowest BCUT2D eigenvalue weighted by atomic mass is 10.1. The van der Waals surface area contributed by atoms with E-state index in [1.54, 1.807) is 6.07 Å². The maximum Gasteiger partial charge on any atom is 0.373 e. The Morgan fingerprint density at radius 3 is 2.72 bits per heavy atom. The molecule has 1 heterocycles. The molecule has 1 aromatic carbocycles. The van der Waals surface area contributed by atoms with Gasteiger partial charge in [-0.15, -0.1) is 0 Å². The van der Waals surface area contributed by atoms with E-state index in [1.165, 1.54) is 6.20 Å². The zero-order chi connectivity index (χ0) is 13.0. The second kappa shape index (κ2) is 5.60. The lowest BCUT2D eigenvalue weighted by Gasteiger charge is -2.04. The number of carbonyl (C=O) groups is 1. The first kappa shape index (κ1) is 12.5. The number of halogens is 1. The Hall–Kier alpha value is -1.94. The molecule has 92 valence electrons. The number of nitrogens with zero attached hydrogens (tertiary/aromatic N) is 2. The number of aromatic nitrogens is 2. The molecule has 0 bridgehead atoms. The number of carboxylic acid groups (broad SMARTS) is 1. The maximum absolute atomic E-state index is 10.7. The van der Waals surface area contributed by atoms with Crippen molar-refractivity contribution in [2.75, 3.05) is 0 Å². The Kier molecular flexibility index (Phi) is 3.89. The number of aromatic carboxylic acids is 1. The third-order valence-electron chi connectivity index (χ3n) is 2.51. The number of benzene rings is 1. The minimum absolute atomic E-state index is 0.174. The Balaban J connectivity index is 2.09. The van der Waals surface area contributed by atoms with Gasteiger partial charge >= 0.3 is 5.97 Å². The van der Waals surface area contributed by atoms with E-state index in [4.69, 9.17) is 16.7 Å². The highest BCUT2D eigenvalue weighted by atomic mass is 35.5. The van der Waals surface area contributed by atoms with Crippen LogP contribution in [0.25, 0.3) is 0 Å². The van der Waals surface area contributed by atoms with Crippen LogP contribution in [0.15, 0.2) is 36.5 Å². The molecule has 1 aromatic heterocycles. The van der Waals surface area contributed by atoms with E-state index < -0.39 is 5.97 Å². The van der Waals surface area contributed by atoms with Gasteiger partial charge in [-0.2, -0.15) is 0 Å². The molecule has 0 aliphatic rings. The third-order valence-corrected chi connectivity index (χ3v) is 2.88. The summed E-state index contributed by atoms with van der Waals surface area (Å²) in [5.41, 5.74) is 1.72. The fourth-order valence-electron chi connectivity index (χ4n) is 1.60. The molecule has 2 rings (SSSR count). The van der Waals surface area contributed by atoms with Crippen molar-refractivity contribution in [3.63, 3.8) is 0 Å². The summed E-state index contributed by atoms with van der Waals surface area (Å²) in [5, 5.41) is 9.51. The van der Waals surface area contributed by atoms with Crippen LogP contribution >= 0.6 is 11.6 Å². The van der Waals surface area contributed by atoms with Crippen LogP contribution in [0.1, 0.15) is 21.9 Å². The smallest absolute Gasteiger partial charge is 0.373 e. The zero-order valence-corrected chi connectivity index (χ0v) is 10.3. The van der Waals surface area contributed by atoms with Gasteiger partial charge in [0.05, 0.1) is 0 Å². The number of hydrogen-bond donors (Lipinski definition) is 1. The Morgan fingerprint density at radius 2 is 2.00 bits per heavy atom. The summed E-state index contributed by atoms with van der Waals surface area (Å²) in [6, 6.07) is 9.29. The van der Waals surface area contributed by atoms with Gasteiger partial charge in [0, 0.05) is 16.9 Å². The van der Waals surface area contributed by atoms with Crippen molar-refractivity contribution in [2.24, 2.45) is 0 Å². The average Bonchev–Trinajstić information content (AvgIpc) is 2.38. The Morgan fingerprint density at radius 1 is 1.22 bits per heavy atom. The number of rotatable bonds is 4. The van der Waals surface area contributed by atoms with Gasteiger partial charge in [-0.3, -0.25) is 0 Å². The van der Waals surface area contributed by atoms with Gasteiger partial charge in [0.15, 0.2) is 0 Å². The Labute approximate surface area is 109 Å². The van der Waals surface area contributed by atoms with E-state index >= 15 is 0 Å². The summed E-state index contributed by atoms with van der Waals surface area (Å²) < 4.78 is 0. The van der Waals surface area contributed by atoms with E-state index in [9.17, 15) is 4.79 Å². The summed E-state index contributed by atoms with van der Waals surface area (Å²) in [7, 11) is 0. The number of hydrogen-bond acceptors (Lipinski definition) is 3. The van der Waals surface area contributed by atoms with E-state index in [-0.39, 0.29) is 5.82 Å². The Bertz CT molecular complexity index is 572. The van der Waals surface area contributed by atoms with Crippen molar-refractivity contribution >= 4 is 17.6 Å². The van der Waals surface area contributed by atoms with Crippen LogP contribution in [0.2, 0.25) is 5.02 Å². The van der Waals surface area contributed by atoms with Crippen LogP contribution in [0.5, 0.6) is 0 Å². The molecule has 0 fully saturated rings. The van der Waals surface area contributed by atoms with Crippen molar-refractivity contribution < 1.29 is 9.90 Å². The third kappa shape index (κ3) is 3.05. The van der Waals surface area contributed by atoms with Crippen LogP contribution in [-0.2, 0) is 12.8 Å². The van der Waals surface area contributed by atoms with Crippen LogP contribution in [-0.4, -0.2) is 21.0 Å². The lowest BCUT2D eigenvalue weighted by Crippen LogP contribution is -2.06. The van der Waals surface area contributed by atoms with Gasteiger partial charge < -0.3 is 5.11 Å². The van der Waals surface area contributed by atoms with Gasteiger partial charge in [0.25, 0.3) is 0 Å². The van der Waals surface area contributed by atoms with Crippen molar-refractivity contribution in [2.45, 2.75) is 12.8 Å². The highest BCUT2D eigenvalue weighted by Crippen LogP contribution is 2.16. The quantitative estimate of drug-likeness (QED) is 0.920. The molecule has 0 atom stereocenters. The van der Waals surface area contributed by atoms with Crippen molar-refractivity contribution in [1.82, 2.24) is 9.97 Å². The second-order valence-corrected chi connectivity index (χ2v) is 4.18. The highest BCUT2D eigenvalue weighted by molar-refractivity contribution is 6.31. The summed E-state index contributed by atoms with van der Waals surface area (Å²) in [6.07, 6.45) is 2.81. The van der Waals surface area contributed by atoms with Crippen LogP contribution < -0.4 is 0 Å². The fraction of sp³-hybridized carbons (Fsp3) is 0.154. The normalized spacial score (nSPS) is 10.3. The first-order chi connectivity index (χ1) is 8.66. The average molecular weight is 263 g/mol. The van der Waals surface area contributed by atoms with Crippen molar-refractivity contribution in [3.8, 4) is 0 Å². The van der Waals surface area contributed by atoms with E-state index in [1.807, 2.05) is 24.3 Å². The molecule has 0 saturated heterocycles. The molecule has 5 heteroatoms. The molecule has 0 spiro atoms. The van der Waals surface area contributed by atoms with Crippen molar-refractivity contribution in [3.05, 3.63) is 58.6 Å². The lowest BCUT2D eigenvalue weighted by molar-refractivity contribution is 0.0683. The first-order valence-corrected chi connectivity index (χ1v) is 5.83. The second-order valence-electron chi connectivity index (χ2n) is 3.77. The van der Waals surface area contributed by atoms with Gasteiger partial charge in [-0.05, 0) is 30.5 Å². The number of carboxylic acids is 1. The molecule has 4 nitrogen and oxygen atoms in total. The van der Waals surface area contributed by atoms with Gasteiger partial charge in [-0.1, -0.05) is 29.8 Å². The summed E-state index contributed by atoms with van der Waals surface area (Å²) in [5.74, 6) is -1.29. The van der Waals surface area contributed by atoms with Crippen molar-refractivity contribution in [1.29, 1.82) is 0 Å². The predicted molar refractivity (Wildman–Crippen MR) is 67.9 cm³/mol. The largest absolute Gasteiger partial charge is 0.475 e. The highest BCUT2D eigenvalue weighted by Gasteiger charge is 2.07. The SMILES string of the molecule is O=C(O)c1nccc(CCc2ccccc2Cl)n1. The van der Waals surface area contributed by atoms with Crippen LogP contribution in [0.3, 0.4) is 0 Å². The van der Waals surface area contributed by atoms with E-state index in [0.29, 0.717) is 17.1 Å². The molecule has 18 heavy (non-hydrogen) atoms. The summed E-state index contributed by atoms with van der Waals surface area (Å²) >= 11 is 6.05. The topological polar surface area (TPSA) is 63.1 Å². The van der Waals surface area contributed by atoms with Crippen LogP contribution in [0, 0.1) is 0 Å². The monoisotopic (exact) mass is 262 g/mol. The minimum atomic E-state index is -1.12. The molecule has 0 unspecified atom stereocenters. The zero-order valence-electron chi connectivity index (χ0n) is 9.51. The summed E-state index contributed by atoms with van der Waals surface area (Å²) in [6.45, 7) is 0. The van der Waals surface area contributed by atoms with E-state index in [0.717, 1.165) is 12.0 Å². The molecule has 0 radical (unpaired) electrons. The van der Waals surface area contributed by atoms with Crippen LogP contribution in [0.4, 0.5) is 0 Å². The van der Waals surface area contributed by atoms with Gasteiger partial charge in [0.1, 0.15) is 0 Å². The molecule has 0 amide bonds. The van der Waals surface area contributed by atoms with Gasteiger partial charge in [0.2, 0.25) is 5.82 Å². The molecular formula is C13H11ClN2O2. The molecule has 0 aliphatic carbocycles. The summed E-state index contributed by atoms with van der Waals surface area (Å²) in [4.78, 5) is 18.4. The molecule has 0 saturated carbocycles. The maximum atomic E-state index is 10.7. The fourth-order valence-corrected chi connectivity index (χ4v) is 1.83. The first-order valence-electron chi connectivity index (χ1n) is 5.45.